The number of aliphatic hydroxyl groups excluding tert-OH is 1. The second-order valence-corrected chi connectivity index (χ2v) is 13.7. The molecule has 4 atom stereocenters. The Hall–Kier alpha value is -2.24. The van der Waals surface area contributed by atoms with E-state index in [1.54, 1.807) is 0 Å². The Labute approximate surface area is 242 Å². The number of hydrogen-bond acceptors (Lipinski definition) is 5. The zero-order valence-electron chi connectivity index (χ0n) is 26.3. The van der Waals surface area contributed by atoms with Crippen LogP contribution in [0.25, 0.3) is 0 Å². The molecule has 0 amide bonds. The summed E-state index contributed by atoms with van der Waals surface area (Å²) in [6.45, 7) is 20.0. The molecule has 2 aromatic rings. The number of nitrogens with zero attached hydrogens (tertiary/aromatic N) is 1. The van der Waals surface area contributed by atoms with Gasteiger partial charge in [0.25, 0.3) is 0 Å². The zero-order valence-corrected chi connectivity index (χ0v) is 26.3. The normalized spacial score (nSPS) is 26.4. The van der Waals surface area contributed by atoms with Crippen LogP contribution in [0.5, 0.6) is 0 Å². The minimum Gasteiger partial charge on any atom is -0.462 e. The zero-order chi connectivity index (χ0) is 29.4. The Morgan fingerprint density at radius 3 is 2.30 bits per heavy atom. The molecule has 0 saturated heterocycles. The van der Waals surface area contributed by atoms with Gasteiger partial charge in [-0.2, -0.15) is 0 Å². The highest BCUT2D eigenvalue weighted by molar-refractivity contribution is 5.89. The SMILES string of the molecule is CCC(C)C.CCOC(=O)c1ccc(C2OC3(CCCC3C)c3c4c(nc(C(C)C)c32)CC(C)(C)CC4O)cc1. The number of aliphatic hydroxyl groups is 1. The first-order valence-corrected chi connectivity index (χ1v) is 15.5. The van der Waals surface area contributed by atoms with Gasteiger partial charge in [-0.1, -0.05) is 73.9 Å². The number of benzene rings is 1. The van der Waals surface area contributed by atoms with E-state index >= 15 is 0 Å². The molecule has 40 heavy (non-hydrogen) atoms. The van der Waals surface area contributed by atoms with Gasteiger partial charge in [0.1, 0.15) is 6.10 Å². The molecule has 0 bridgehead atoms. The van der Waals surface area contributed by atoms with Crippen molar-refractivity contribution >= 4 is 5.97 Å². The highest BCUT2D eigenvalue weighted by atomic mass is 16.5. The van der Waals surface area contributed by atoms with Crippen molar-refractivity contribution < 1.29 is 19.4 Å². The van der Waals surface area contributed by atoms with E-state index in [4.69, 9.17) is 14.5 Å². The van der Waals surface area contributed by atoms with Crippen LogP contribution in [-0.2, 0) is 21.5 Å². The average Bonchev–Trinajstić information content (AvgIpc) is 3.43. The van der Waals surface area contributed by atoms with Crippen molar-refractivity contribution in [2.45, 2.75) is 125 Å². The molecule has 1 aromatic heterocycles. The molecule has 0 radical (unpaired) electrons. The Balaban J connectivity index is 0.000000681. The molecule has 1 N–H and O–H groups in total. The molecule has 1 aromatic carbocycles. The number of fused-ring (bicyclic) bond motifs is 4. The highest BCUT2D eigenvalue weighted by Crippen LogP contribution is 2.61. The molecule has 4 unspecified atom stereocenters. The predicted octanol–water partition coefficient (Wildman–Crippen LogP) is 8.57. The number of pyridine rings is 1. The van der Waals surface area contributed by atoms with E-state index in [1.807, 2.05) is 31.2 Å². The van der Waals surface area contributed by atoms with E-state index < -0.39 is 11.7 Å². The molecular formula is C35H51NO4. The van der Waals surface area contributed by atoms with Gasteiger partial charge in [0, 0.05) is 22.5 Å². The number of ether oxygens (including phenoxy) is 2. The van der Waals surface area contributed by atoms with Gasteiger partial charge in [-0.25, -0.2) is 4.79 Å². The van der Waals surface area contributed by atoms with Crippen LogP contribution in [0.2, 0.25) is 0 Å². The lowest BCUT2D eigenvalue weighted by atomic mass is 9.69. The molecule has 1 aliphatic heterocycles. The Morgan fingerprint density at radius 1 is 1.12 bits per heavy atom. The number of esters is 1. The third kappa shape index (κ3) is 5.74. The van der Waals surface area contributed by atoms with Crippen LogP contribution in [0.1, 0.15) is 157 Å². The van der Waals surface area contributed by atoms with Crippen molar-refractivity contribution in [3.63, 3.8) is 0 Å². The summed E-state index contributed by atoms with van der Waals surface area (Å²) in [7, 11) is 0. The molecule has 5 heteroatoms. The summed E-state index contributed by atoms with van der Waals surface area (Å²) in [4.78, 5) is 17.5. The number of hydrogen-bond donors (Lipinski definition) is 1. The molecule has 5 rings (SSSR count). The Kier molecular flexibility index (Phi) is 9.16. The van der Waals surface area contributed by atoms with E-state index in [0.29, 0.717) is 18.1 Å². The molecular weight excluding hydrogens is 498 g/mol. The lowest BCUT2D eigenvalue weighted by Gasteiger charge is -2.39. The monoisotopic (exact) mass is 549 g/mol. The summed E-state index contributed by atoms with van der Waals surface area (Å²) in [6.07, 6.45) is 5.30. The van der Waals surface area contributed by atoms with Gasteiger partial charge in [-0.15, -0.1) is 0 Å². The van der Waals surface area contributed by atoms with E-state index in [-0.39, 0.29) is 23.4 Å². The number of carbonyl (C=O) groups excluding carboxylic acids is 1. The summed E-state index contributed by atoms with van der Waals surface area (Å²) < 4.78 is 12.3. The average molecular weight is 550 g/mol. The first kappa shape index (κ1) is 30.7. The number of rotatable bonds is 5. The summed E-state index contributed by atoms with van der Waals surface area (Å²) in [5.41, 5.74) is 6.71. The van der Waals surface area contributed by atoms with Gasteiger partial charge < -0.3 is 14.6 Å². The second kappa shape index (κ2) is 11.9. The molecule has 5 nitrogen and oxygen atoms in total. The molecule has 220 valence electrons. The summed E-state index contributed by atoms with van der Waals surface area (Å²) in [5.74, 6) is 1.17. The molecule has 1 fully saturated rings. The van der Waals surface area contributed by atoms with Crippen molar-refractivity contribution in [2.24, 2.45) is 17.3 Å². The van der Waals surface area contributed by atoms with E-state index in [0.717, 1.165) is 66.1 Å². The minimum atomic E-state index is -0.533. The largest absolute Gasteiger partial charge is 0.462 e. The quantitative estimate of drug-likeness (QED) is 0.378. The third-order valence-electron chi connectivity index (χ3n) is 9.19. The molecule has 1 saturated carbocycles. The van der Waals surface area contributed by atoms with Gasteiger partial charge >= 0.3 is 5.97 Å². The minimum absolute atomic E-state index is 0.0121. The van der Waals surface area contributed by atoms with Crippen molar-refractivity contribution in [3.8, 4) is 0 Å². The van der Waals surface area contributed by atoms with Crippen LogP contribution in [-0.4, -0.2) is 22.7 Å². The lowest BCUT2D eigenvalue weighted by molar-refractivity contribution is -0.0842. The maximum Gasteiger partial charge on any atom is 0.338 e. The fourth-order valence-corrected chi connectivity index (χ4v) is 6.76. The maximum absolute atomic E-state index is 12.2. The van der Waals surface area contributed by atoms with Crippen LogP contribution < -0.4 is 0 Å². The van der Waals surface area contributed by atoms with Crippen molar-refractivity contribution in [3.05, 3.63) is 63.5 Å². The summed E-state index contributed by atoms with van der Waals surface area (Å²) in [6, 6.07) is 7.64. The Bertz CT molecular complexity index is 1200. The fraction of sp³-hybridized carbons (Fsp3) is 0.657. The summed E-state index contributed by atoms with van der Waals surface area (Å²) >= 11 is 0. The van der Waals surface area contributed by atoms with Crippen LogP contribution in [0.15, 0.2) is 24.3 Å². The first-order valence-electron chi connectivity index (χ1n) is 15.5. The first-order chi connectivity index (χ1) is 18.8. The highest BCUT2D eigenvalue weighted by Gasteiger charge is 2.55. The van der Waals surface area contributed by atoms with E-state index in [2.05, 4.69) is 55.4 Å². The molecule has 2 heterocycles. The van der Waals surface area contributed by atoms with Crippen molar-refractivity contribution in [1.82, 2.24) is 4.98 Å². The third-order valence-corrected chi connectivity index (χ3v) is 9.19. The summed E-state index contributed by atoms with van der Waals surface area (Å²) in [5, 5.41) is 11.5. The van der Waals surface area contributed by atoms with Crippen LogP contribution in [0.4, 0.5) is 0 Å². The van der Waals surface area contributed by atoms with Crippen LogP contribution in [0.3, 0.4) is 0 Å². The van der Waals surface area contributed by atoms with Crippen molar-refractivity contribution in [2.75, 3.05) is 6.61 Å². The van der Waals surface area contributed by atoms with Crippen LogP contribution in [0, 0.1) is 17.3 Å². The van der Waals surface area contributed by atoms with E-state index in [9.17, 15) is 9.90 Å². The predicted molar refractivity (Wildman–Crippen MR) is 161 cm³/mol. The molecule has 2 aliphatic carbocycles. The van der Waals surface area contributed by atoms with Gasteiger partial charge in [0.2, 0.25) is 0 Å². The second-order valence-electron chi connectivity index (χ2n) is 13.7. The van der Waals surface area contributed by atoms with Gasteiger partial charge in [-0.05, 0) is 85.5 Å². The molecule has 1 spiro atoms. The number of aromatic nitrogens is 1. The fourth-order valence-electron chi connectivity index (χ4n) is 6.76. The standard InChI is InChI=1S/C30H39NO4.C5H12/c1-7-34-28(33)20-12-10-19(11-13-20)27-24-25(30(35-27)14-8-9-18(30)4)23-21(31-26(24)17(2)3)15-29(5,6)16-22(23)32;1-4-5(2)3/h10-13,17-18,22,27,32H,7-9,14-16H2,1-6H3;5H,4H2,1-3H3. The number of carbonyl (C=O) groups is 1. The van der Waals surface area contributed by atoms with Gasteiger partial charge in [0.05, 0.1) is 23.9 Å². The van der Waals surface area contributed by atoms with Crippen LogP contribution >= 0.6 is 0 Å². The van der Waals surface area contributed by atoms with Gasteiger partial charge in [-0.3, -0.25) is 4.98 Å². The Morgan fingerprint density at radius 2 is 1.77 bits per heavy atom. The lowest BCUT2D eigenvalue weighted by Crippen LogP contribution is -2.34. The smallest absolute Gasteiger partial charge is 0.338 e. The van der Waals surface area contributed by atoms with Crippen molar-refractivity contribution in [1.29, 1.82) is 0 Å². The topological polar surface area (TPSA) is 68.7 Å². The van der Waals surface area contributed by atoms with E-state index in [1.165, 1.54) is 12.0 Å². The molecule has 3 aliphatic rings. The van der Waals surface area contributed by atoms with Gasteiger partial charge in [0.15, 0.2) is 0 Å². The maximum atomic E-state index is 12.2.